The van der Waals surface area contributed by atoms with Crippen molar-refractivity contribution in [2.24, 2.45) is 0 Å². The summed E-state index contributed by atoms with van der Waals surface area (Å²) in [4.78, 5) is 9.13. The van der Waals surface area contributed by atoms with Crippen molar-refractivity contribution < 1.29 is 0 Å². The first-order chi connectivity index (χ1) is 14.2. The van der Waals surface area contributed by atoms with Gasteiger partial charge < -0.3 is 4.90 Å². The molecule has 1 aromatic heterocycles. The highest BCUT2D eigenvalue weighted by molar-refractivity contribution is 7.10. The molecular formula is C25H37N3S. The van der Waals surface area contributed by atoms with Crippen LogP contribution in [0.3, 0.4) is 0 Å². The van der Waals surface area contributed by atoms with E-state index in [2.05, 4.69) is 64.5 Å². The molecule has 29 heavy (non-hydrogen) atoms. The van der Waals surface area contributed by atoms with Crippen molar-refractivity contribution in [3.63, 3.8) is 0 Å². The van der Waals surface area contributed by atoms with Crippen LogP contribution in [0.2, 0.25) is 0 Å². The molecule has 2 aliphatic heterocycles. The Kier molecular flexibility index (Phi) is 7.41. The van der Waals surface area contributed by atoms with Crippen LogP contribution in [-0.2, 0) is 19.6 Å². The van der Waals surface area contributed by atoms with E-state index in [0.29, 0.717) is 6.04 Å². The predicted molar refractivity (Wildman–Crippen MR) is 124 cm³/mol. The molecule has 0 bridgehead atoms. The van der Waals surface area contributed by atoms with E-state index in [-0.39, 0.29) is 0 Å². The van der Waals surface area contributed by atoms with Crippen molar-refractivity contribution in [2.75, 3.05) is 33.7 Å². The van der Waals surface area contributed by atoms with Gasteiger partial charge in [0.05, 0.1) is 0 Å². The molecule has 158 valence electrons. The summed E-state index contributed by atoms with van der Waals surface area (Å²) in [5.74, 6) is 0. The molecule has 2 aliphatic rings. The SMILES string of the molecule is CN(C)Cc1ccc(C2CCCCN2Cc2cc(CN3CCCCC3)cs2)cc1. The summed E-state index contributed by atoms with van der Waals surface area (Å²) < 4.78 is 0. The lowest BCUT2D eigenvalue weighted by atomic mass is 9.94. The van der Waals surface area contributed by atoms with Gasteiger partial charge in [-0.15, -0.1) is 11.3 Å². The second kappa shape index (κ2) is 10.2. The van der Waals surface area contributed by atoms with E-state index in [1.54, 1.807) is 0 Å². The van der Waals surface area contributed by atoms with Crippen LogP contribution in [0.1, 0.15) is 66.1 Å². The molecule has 0 radical (unpaired) electrons. The summed E-state index contributed by atoms with van der Waals surface area (Å²) >= 11 is 1.96. The van der Waals surface area contributed by atoms with Crippen LogP contribution < -0.4 is 0 Å². The lowest BCUT2D eigenvalue weighted by Gasteiger charge is -2.36. The maximum Gasteiger partial charge on any atom is 0.0352 e. The zero-order valence-corrected chi connectivity index (χ0v) is 19.1. The lowest BCUT2D eigenvalue weighted by Crippen LogP contribution is -2.32. The Hall–Kier alpha value is -1.20. The maximum absolute atomic E-state index is 2.72. The molecule has 4 rings (SSSR count). The van der Waals surface area contributed by atoms with Gasteiger partial charge in [0, 0.05) is 30.6 Å². The van der Waals surface area contributed by atoms with E-state index in [1.807, 2.05) is 11.3 Å². The first-order valence-electron chi connectivity index (χ1n) is 11.4. The Morgan fingerprint density at radius 2 is 1.66 bits per heavy atom. The first-order valence-corrected chi connectivity index (χ1v) is 12.3. The van der Waals surface area contributed by atoms with Crippen molar-refractivity contribution in [3.05, 3.63) is 57.3 Å². The minimum Gasteiger partial charge on any atom is -0.305 e. The quantitative estimate of drug-likeness (QED) is 0.594. The van der Waals surface area contributed by atoms with E-state index < -0.39 is 0 Å². The molecule has 0 N–H and O–H groups in total. The Morgan fingerprint density at radius 3 is 2.41 bits per heavy atom. The van der Waals surface area contributed by atoms with E-state index in [4.69, 9.17) is 0 Å². The minimum absolute atomic E-state index is 0.574. The highest BCUT2D eigenvalue weighted by Gasteiger charge is 2.24. The van der Waals surface area contributed by atoms with Crippen LogP contribution in [0.15, 0.2) is 35.7 Å². The lowest BCUT2D eigenvalue weighted by molar-refractivity contribution is 0.142. The maximum atomic E-state index is 2.72. The topological polar surface area (TPSA) is 9.72 Å². The van der Waals surface area contributed by atoms with Gasteiger partial charge in [-0.1, -0.05) is 37.1 Å². The molecule has 3 nitrogen and oxygen atoms in total. The third kappa shape index (κ3) is 5.91. The van der Waals surface area contributed by atoms with Gasteiger partial charge in [0.1, 0.15) is 0 Å². The summed E-state index contributed by atoms with van der Waals surface area (Å²) in [6.07, 6.45) is 8.14. The monoisotopic (exact) mass is 411 g/mol. The summed E-state index contributed by atoms with van der Waals surface area (Å²) in [7, 11) is 4.27. The number of hydrogen-bond donors (Lipinski definition) is 0. The fourth-order valence-corrected chi connectivity index (χ4v) is 5.84. The van der Waals surface area contributed by atoms with Gasteiger partial charge in [-0.3, -0.25) is 9.80 Å². The molecule has 0 saturated carbocycles. The highest BCUT2D eigenvalue weighted by atomic mass is 32.1. The van der Waals surface area contributed by atoms with E-state index in [1.165, 1.54) is 79.7 Å². The average molecular weight is 412 g/mol. The smallest absolute Gasteiger partial charge is 0.0352 e. The van der Waals surface area contributed by atoms with Gasteiger partial charge in [0.25, 0.3) is 0 Å². The third-order valence-electron chi connectivity index (χ3n) is 6.40. The van der Waals surface area contributed by atoms with Crippen LogP contribution in [0.4, 0.5) is 0 Å². The van der Waals surface area contributed by atoms with Gasteiger partial charge in [-0.25, -0.2) is 0 Å². The molecule has 2 fully saturated rings. The fourth-order valence-electron chi connectivity index (χ4n) is 4.94. The molecule has 1 atom stereocenters. The minimum atomic E-state index is 0.574. The van der Waals surface area contributed by atoms with Crippen LogP contribution in [0.25, 0.3) is 0 Å². The van der Waals surface area contributed by atoms with Gasteiger partial charge in [-0.05, 0) is 87.5 Å². The third-order valence-corrected chi connectivity index (χ3v) is 7.37. The van der Waals surface area contributed by atoms with Gasteiger partial charge in [-0.2, -0.15) is 0 Å². The number of nitrogens with zero attached hydrogens (tertiary/aromatic N) is 3. The van der Waals surface area contributed by atoms with Gasteiger partial charge >= 0.3 is 0 Å². The molecule has 0 amide bonds. The molecule has 0 spiro atoms. The van der Waals surface area contributed by atoms with Crippen LogP contribution in [0, 0.1) is 0 Å². The van der Waals surface area contributed by atoms with Crippen molar-refractivity contribution >= 4 is 11.3 Å². The van der Waals surface area contributed by atoms with Crippen molar-refractivity contribution in [1.29, 1.82) is 0 Å². The Balaban J connectivity index is 1.39. The second-order valence-corrected chi connectivity index (χ2v) is 10.2. The standard InChI is InChI=1S/C25H37N3S/c1-26(2)17-21-9-11-23(12-10-21)25-8-4-7-15-28(25)19-24-16-22(20-29-24)18-27-13-5-3-6-14-27/h9-12,16,20,25H,3-8,13-15,17-19H2,1-2H3. The number of likely N-dealkylation sites (tertiary alicyclic amines) is 2. The van der Waals surface area contributed by atoms with E-state index >= 15 is 0 Å². The molecule has 2 saturated heterocycles. The number of hydrogen-bond acceptors (Lipinski definition) is 4. The highest BCUT2D eigenvalue weighted by Crippen LogP contribution is 2.33. The van der Waals surface area contributed by atoms with Crippen LogP contribution in [0.5, 0.6) is 0 Å². The van der Waals surface area contributed by atoms with Gasteiger partial charge in [0.2, 0.25) is 0 Å². The van der Waals surface area contributed by atoms with Crippen molar-refractivity contribution in [1.82, 2.24) is 14.7 Å². The van der Waals surface area contributed by atoms with Crippen LogP contribution >= 0.6 is 11.3 Å². The number of rotatable bonds is 7. The Labute approximate surface area is 181 Å². The number of benzene rings is 1. The summed E-state index contributed by atoms with van der Waals surface area (Å²) in [5, 5.41) is 2.40. The Morgan fingerprint density at radius 1 is 0.897 bits per heavy atom. The van der Waals surface area contributed by atoms with Crippen molar-refractivity contribution in [2.45, 2.75) is 64.2 Å². The molecule has 0 aliphatic carbocycles. The summed E-state index contributed by atoms with van der Waals surface area (Å²) in [6, 6.07) is 12.4. The second-order valence-electron chi connectivity index (χ2n) is 9.22. The largest absolute Gasteiger partial charge is 0.305 e. The van der Waals surface area contributed by atoms with E-state index in [0.717, 1.165) is 19.6 Å². The molecule has 2 aromatic rings. The molecule has 1 unspecified atom stereocenters. The number of thiophene rings is 1. The zero-order valence-electron chi connectivity index (χ0n) is 18.3. The number of piperidine rings is 2. The van der Waals surface area contributed by atoms with Crippen LogP contribution in [-0.4, -0.2) is 48.4 Å². The predicted octanol–water partition coefficient (Wildman–Crippen LogP) is 5.52. The normalized spacial score (nSPS) is 21.7. The van der Waals surface area contributed by atoms with E-state index in [9.17, 15) is 0 Å². The van der Waals surface area contributed by atoms with Gasteiger partial charge in [0.15, 0.2) is 0 Å². The fraction of sp³-hybridized carbons (Fsp3) is 0.600. The molecule has 1 aromatic carbocycles. The molecule has 4 heteroatoms. The summed E-state index contributed by atoms with van der Waals surface area (Å²) in [5.41, 5.74) is 4.42. The van der Waals surface area contributed by atoms with Crippen molar-refractivity contribution in [3.8, 4) is 0 Å². The molecular weight excluding hydrogens is 374 g/mol. The Bertz CT molecular complexity index is 746. The zero-order chi connectivity index (χ0) is 20.1. The average Bonchev–Trinajstić information content (AvgIpc) is 3.16. The molecule has 3 heterocycles. The summed E-state index contributed by atoms with van der Waals surface area (Å²) in [6.45, 7) is 7.06. The first kappa shape index (κ1) is 21.0.